The first-order valence-electron chi connectivity index (χ1n) is 6.82. The lowest BCUT2D eigenvalue weighted by atomic mass is 9.85. The predicted molar refractivity (Wildman–Crippen MR) is 76.1 cm³/mol. The molecule has 116 valence electrons. The van der Waals surface area contributed by atoms with E-state index in [2.05, 4.69) is 5.32 Å². The van der Waals surface area contributed by atoms with E-state index in [9.17, 15) is 20.1 Å². The number of ether oxygens (including phenoxy) is 2. The standard InChI is InChI=1S/C16H13N3O4/c1-14(9-4-5-10(22-2)11(6-9)23-3)15(7-17)12(20)19-13(21)16(14,15)8-18/h4-6H,1-3H3,(H,19,20,21)/t14?,15-,16+. The zero-order valence-corrected chi connectivity index (χ0v) is 12.8. The molecule has 23 heavy (non-hydrogen) atoms. The molecule has 7 nitrogen and oxygen atoms in total. The van der Waals surface area contributed by atoms with Crippen LogP contribution in [0, 0.1) is 33.5 Å². The second kappa shape index (κ2) is 4.23. The monoisotopic (exact) mass is 311 g/mol. The Morgan fingerprint density at radius 2 is 1.52 bits per heavy atom. The molecular formula is C16H13N3O4. The number of nitriles is 2. The summed E-state index contributed by atoms with van der Waals surface area (Å²) in [6.45, 7) is 1.58. The number of rotatable bonds is 3. The Hall–Kier alpha value is -3.06. The van der Waals surface area contributed by atoms with E-state index < -0.39 is 28.1 Å². The molecule has 1 aromatic carbocycles. The predicted octanol–water partition coefficient (Wildman–Crippen LogP) is 0.651. The summed E-state index contributed by atoms with van der Waals surface area (Å²) in [5.41, 5.74) is -4.21. The Morgan fingerprint density at radius 1 is 1.00 bits per heavy atom. The highest BCUT2D eigenvalue weighted by atomic mass is 16.5. The lowest BCUT2D eigenvalue weighted by Crippen LogP contribution is -2.38. The Balaban J connectivity index is 2.25. The van der Waals surface area contributed by atoms with E-state index in [1.807, 2.05) is 12.1 Å². The second-order valence-electron chi connectivity index (χ2n) is 5.70. The zero-order valence-electron chi connectivity index (χ0n) is 12.8. The van der Waals surface area contributed by atoms with Crippen molar-refractivity contribution in [2.75, 3.05) is 14.2 Å². The van der Waals surface area contributed by atoms with Crippen molar-refractivity contribution in [2.45, 2.75) is 12.3 Å². The number of fused-ring (bicyclic) bond motifs is 1. The largest absolute Gasteiger partial charge is 0.493 e. The van der Waals surface area contributed by atoms with Crippen LogP contribution in [0.1, 0.15) is 12.5 Å². The van der Waals surface area contributed by atoms with Gasteiger partial charge < -0.3 is 9.47 Å². The Bertz CT molecular complexity index is 797. The maximum atomic E-state index is 12.2. The van der Waals surface area contributed by atoms with Gasteiger partial charge in [0, 0.05) is 0 Å². The first-order chi connectivity index (χ1) is 10.9. The average molecular weight is 311 g/mol. The second-order valence-corrected chi connectivity index (χ2v) is 5.70. The van der Waals surface area contributed by atoms with Crippen molar-refractivity contribution in [2.24, 2.45) is 10.8 Å². The molecule has 0 radical (unpaired) electrons. The van der Waals surface area contributed by atoms with Crippen molar-refractivity contribution < 1.29 is 19.1 Å². The molecule has 3 atom stereocenters. The van der Waals surface area contributed by atoms with E-state index in [1.54, 1.807) is 25.1 Å². The first kappa shape index (κ1) is 14.9. The number of nitrogens with zero attached hydrogens (tertiary/aromatic N) is 2. The summed E-state index contributed by atoms with van der Waals surface area (Å²) in [5.74, 6) is -0.601. The summed E-state index contributed by atoms with van der Waals surface area (Å²) in [6, 6.07) is 8.68. The van der Waals surface area contributed by atoms with Crippen molar-refractivity contribution in [3.8, 4) is 23.6 Å². The van der Waals surface area contributed by atoms with Crippen LogP contribution in [0.3, 0.4) is 0 Å². The molecule has 1 saturated carbocycles. The third-order valence-electron chi connectivity index (χ3n) is 5.20. The van der Waals surface area contributed by atoms with Crippen molar-refractivity contribution in [3.05, 3.63) is 23.8 Å². The molecule has 1 N–H and O–H groups in total. The third-order valence-corrected chi connectivity index (χ3v) is 5.20. The number of carbonyl (C=O) groups is 2. The Labute approximate surface area is 132 Å². The summed E-state index contributed by atoms with van der Waals surface area (Å²) in [5, 5.41) is 21.3. The van der Waals surface area contributed by atoms with Crippen molar-refractivity contribution in [1.82, 2.24) is 5.32 Å². The van der Waals surface area contributed by atoms with E-state index in [1.165, 1.54) is 14.2 Å². The highest BCUT2D eigenvalue weighted by Gasteiger charge is 2.97. The van der Waals surface area contributed by atoms with Crippen LogP contribution in [-0.4, -0.2) is 26.0 Å². The van der Waals surface area contributed by atoms with Gasteiger partial charge in [-0.15, -0.1) is 0 Å². The summed E-state index contributed by atoms with van der Waals surface area (Å²) >= 11 is 0. The molecule has 2 aliphatic rings. The molecule has 1 aromatic rings. The minimum absolute atomic E-state index is 0.394. The first-order valence-corrected chi connectivity index (χ1v) is 6.82. The molecule has 2 amide bonds. The molecule has 0 bridgehead atoms. The SMILES string of the molecule is COc1ccc(C2(C)[C@]3(C#N)C(=O)NC(=O)[C@]23C#N)cc1OC. The lowest BCUT2D eigenvalue weighted by Gasteiger charge is -2.20. The van der Waals surface area contributed by atoms with E-state index in [4.69, 9.17) is 9.47 Å². The molecule has 0 spiro atoms. The van der Waals surface area contributed by atoms with Gasteiger partial charge in [-0.1, -0.05) is 13.0 Å². The normalized spacial score (nSPS) is 34.0. The van der Waals surface area contributed by atoms with Gasteiger partial charge in [-0.25, -0.2) is 0 Å². The highest BCUT2D eigenvalue weighted by Crippen LogP contribution is 2.80. The Morgan fingerprint density at radius 3 is 1.96 bits per heavy atom. The number of piperidine rings is 1. The number of nitrogens with one attached hydrogen (secondary N) is 1. The highest BCUT2D eigenvalue weighted by molar-refractivity contribution is 6.20. The van der Waals surface area contributed by atoms with E-state index in [0.29, 0.717) is 17.1 Å². The van der Waals surface area contributed by atoms with Gasteiger partial charge in [0.25, 0.3) is 0 Å². The van der Waals surface area contributed by atoms with Gasteiger partial charge >= 0.3 is 0 Å². The average Bonchev–Trinajstić information content (AvgIpc) is 2.98. The van der Waals surface area contributed by atoms with Crippen LogP contribution in [0.15, 0.2) is 18.2 Å². The van der Waals surface area contributed by atoms with Crippen LogP contribution < -0.4 is 14.8 Å². The lowest BCUT2D eigenvalue weighted by molar-refractivity contribution is -0.129. The third kappa shape index (κ3) is 1.21. The van der Waals surface area contributed by atoms with Gasteiger partial charge in [-0.2, -0.15) is 10.5 Å². The van der Waals surface area contributed by atoms with Crippen LogP contribution in [0.4, 0.5) is 0 Å². The number of carbonyl (C=O) groups excluding carboxylic acids is 2. The molecule has 7 heteroatoms. The fourth-order valence-electron chi connectivity index (χ4n) is 3.88. The number of hydrogen-bond donors (Lipinski definition) is 1. The van der Waals surface area contributed by atoms with Gasteiger partial charge in [0.1, 0.15) is 0 Å². The fourth-order valence-corrected chi connectivity index (χ4v) is 3.88. The van der Waals surface area contributed by atoms with E-state index in [-0.39, 0.29) is 0 Å². The van der Waals surface area contributed by atoms with Crippen LogP contribution in [0.25, 0.3) is 0 Å². The summed E-state index contributed by atoms with van der Waals surface area (Å²) in [6.07, 6.45) is 0. The van der Waals surface area contributed by atoms with Gasteiger partial charge in [-0.3, -0.25) is 14.9 Å². The molecule has 1 aliphatic heterocycles. The molecule has 1 saturated heterocycles. The number of amides is 2. The van der Waals surface area contributed by atoms with E-state index in [0.717, 1.165) is 0 Å². The fraction of sp³-hybridized carbons (Fsp3) is 0.375. The number of imide groups is 1. The minimum atomic E-state index is -1.73. The van der Waals surface area contributed by atoms with E-state index >= 15 is 0 Å². The molecular weight excluding hydrogens is 298 g/mol. The van der Waals surface area contributed by atoms with Crippen LogP contribution in [0.2, 0.25) is 0 Å². The van der Waals surface area contributed by atoms with Gasteiger partial charge in [0.2, 0.25) is 11.8 Å². The zero-order chi connectivity index (χ0) is 17.0. The summed E-state index contributed by atoms with van der Waals surface area (Å²) in [7, 11) is 2.94. The number of hydrogen-bond acceptors (Lipinski definition) is 6. The maximum absolute atomic E-state index is 12.2. The van der Waals surface area contributed by atoms with Crippen LogP contribution >= 0.6 is 0 Å². The van der Waals surface area contributed by atoms with Crippen molar-refractivity contribution >= 4 is 11.8 Å². The van der Waals surface area contributed by atoms with Crippen LogP contribution in [0.5, 0.6) is 11.5 Å². The molecule has 2 fully saturated rings. The minimum Gasteiger partial charge on any atom is -0.493 e. The van der Waals surface area contributed by atoms with Gasteiger partial charge in [-0.05, 0) is 17.7 Å². The molecule has 1 aliphatic carbocycles. The number of benzene rings is 1. The Kier molecular flexibility index (Phi) is 2.74. The van der Waals surface area contributed by atoms with Crippen molar-refractivity contribution in [3.63, 3.8) is 0 Å². The summed E-state index contributed by atoms with van der Waals surface area (Å²) in [4.78, 5) is 24.5. The number of methoxy groups -OCH3 is 2. The molecule has 3 rings (SSSR count). The van der Waals surface area contributed by atoms with Crippen molar-refractivity contribution in [1.29, 1.82) is 10.5 Å². The molecule has 0 aromatic heterocycles. The smallest absolute Gasteiger partial charge is 0.250 e. The maximum Gasteiger partial charge on any atom is 0.250 e. The molecule has 1 unspecified atom stereocenters. The topological polar surface area (TPSA) is 112 Å². The quantitative estimate of drug-likeness (QED) is 0.820. The van der Waals surface area contributed by atoms with Gasteiger partial charge in [0.15, 0.2) is 22.3 Å². The van der Waals surface area contributed by atoms with Gasteiger partial charge in [0.05, 0.1) is 31.8 Å². The molecule has 1 heterocycles. The summed E-state index contributed by atoms with van der Waals surface area (Å²) < 4.78 is 10.4. The van der Waals surface area contributed by atoms with Crippen LogP contribution in [-0.2, 0) is 15.0 Å².